The van der Waals surface area contributed by atoms with Crippen molar-refractivity contribution < 1.29 is 22.9 Å². The Labute approximate surface area is 70.3 Å². The van der Waals surface area contributed by atoms with Crippen molar-refractivity contribution in [2.24, 2.45) is 0 Å². The summed E-state index contributed by atoms with van der Waals surface area (Å²) in [5.74, 6) is -0.955. The van der Waals surface area contributed by atoms with E-state index in [1.165, 1.54) is 0 Å². The minimum atomic E-state index is -3.94. The van der Waals surface area contributed by atoms with Gasteiger partial charge in [0.1, 0.15) is 6.61 Å². The van der Waals surface area contributed by atoms with Crippen LogP contribution >= 0.6 is 0 Å². The molecule has 0 bridgehead atoms. The summed E-state index contributed by atoms with van der Waals surface area (Å²) in [6.45, 7) is -0.495. The van der Waals surface area contributed by atoms with Crippen molar-refractivity contribution in [2.75, 3.05) is 18.9 Å². The maximum absolute atomic E-state index is 10.4. The van der Waals surface area contributed by atoms with Crippen molar-refractivity contribution in [3.63, 3.8) is 0 Å². The third-order valence-electron chi connectivity index (χ3n) is 1.04. The first-order chi connectivity index (χ1) is 5.45. The predicted octanol–water partition coefficient (Wildman–Crippen LogP) is -1.63. The van der Waals surface area contributed by atoms with E-state index in [1.54, 1.807) is 0 Å². The first-order valence-electron chi connectivity index (χ1n) is 3.28. The number of aliphatic hydroxyl groups excluding tert-OH is 1. The van der Waals surface area contributed by atoms with Crippen LogP contribution in [0.1, 0.15) is 6.42 Å². The number of carbonyl (C=O) groups is 1. The third-order valence-corrected chi connectivity index (χ3v) is 1.85. The van der Waals surface area contributed by atoms with E-state index in [2.05, 4.69) is 5.32 Å². The Bertz CT molecular complexity index is 234. The van der Waals surface area contributed by atoms with E-state index < -0.39 is 28.4 Å². The van der Waals surface area contributed by atoms with Crippen molar-refractivity contribution in [1.29, 1.82) is 0 Å². The molecule has 0 atom stereocenters. The lowest BCUT2D eigenvalue weighted by atomic mass is 10.5. The molecular formula is C5H11NO5S. The van der Waals surface area contributed by atoms with E-state index in [4.69, 9.17) is 9.66 Å². The summed E-state index contributed by atoms with van der Waals surface area (Å²) in [5, 5.41) is 10.5. The topological polar surface area (TPSA) is 104 Å². The van der Waals surface area contributed by atoms with Gasteiger partial charge in [-0.1, -0.05) is 0 Å². The smallest absolute Gasteiger partial charge is 0.264 e. The van der Waals surface area contributed by atoms with Gasteiger partial charge in [0, 0.05) is 6.54 Å². The molecule has 0 aliphatic rings. The summed E-state index contributed by atoms with van der Waals surface area (Å²) in [4.78, 5) is 10.4. The number of hydrogen-bond donors (Lipinski definition) is 3. The van der Waals surface area contributed by atoms with Crippen LogP contribution in [0.5, 0.6) is 0 Å². The highest BCUT2D eigenvalue weighted by molar-refractivity contribution is 7.85. The Morgan fingerprint density at radius 3 is 2.42 bits per heavy atom. The zero-order valence-electron chi connectivity index (χ0n) is 6.36. The van der Waals surface area contributed by atoms with Gasteiger partial charge in [0.2, 0.25) is 5.91 Å². The largest absolute Gasteiger partial charge is 0.387 e. The molecule has 0 aromatic rings. The van der Waals surface area contributed by atoms with Gasteiger partial charge in [-0.05, 0) is 6.42 Å². The maximum atomic E-state index is 10.4. The van der Waals surface area contributed by atoms with E-state index in [9.17, 15) is 13.2 Å². The lowest BCUT2D eigenvalue weighted by Gasteiger charge is -2.00. The molecule has 0 rings (SSSR count). The monoisotopic (exact) mass is 197 g/mol. The first-order valence-corrected chi connectivity index (χ1v) is 4.89. The second-order valence-electron chi connectivity index (χ2n) is 2.15. The van der Waals surface area contributed by atoms with Crippen LogP contribution in [0.25, 0.3) is 0 Å². The molecule has 0 radical (unpaired) electrons. The molecule has 0 fully saturated rings. The SMILES string of the molecule is O=C(CO)NCCCS(=O)(=O)O. The van der Waals surface area contributed by atoms with Crippen LogP contribution < -0.4 is 5.32 Å². The summed E-state index contributed by atoms with van der Waals surface area (Å²) in [6.07, 6.45) is 0.130. The minimum absolute atomic E-state index is 0.124. The number of aliphatic hydroxyl groups is 1. The molecule has 0 heterocycles. The van der Waals surface area contributed by atoms with Crippen molar-refractivity contribution in [3.05, 3.63) is 0 Å². The lowest BCUT2D eigenvalue weighted by Crippen LogP contribution is -2.28. The average Bonchev–Trinajstić information content (AvgIpc) is 1.96. The highest BCUT2D eigenvalue weighted by Gasteiger charge is 2.03. The molecule has 1 amide bonds. The maximum Gasteiger partial charge on any atom is 0.264 e. The first kappa shape index (κ1) is 11.3. The van der Waals surface area contributed by atoms with Gasteiger partial charge in [-0.25, -0.2) is 0 Å². The van der Waals surface area contributed by atoms with Crippen molar-refractivity contribution in [1.82, 2.24) is 5.32 Å². The second kappa shape index (κ2) is 5.07. The molecule has 0 aliphatic carbocycles. The zero-order chi connectivity index (χ0) is 9.61. The summed E-state index contributed by atoms with van der Waals surface area (Å²) in [7, 11) is -3.94. The van der Waals surface area contributed by atoms with Gasteiger partial charge in [0.25, 0.3) is 10.1 Å². The van der Waals surface area contributed by atoms with Gasteiger partial charge >= 0.3 is 0 Å². The van der Waals surface area contributed by atoms with E-state index >= 15 is 0 Å². The van der Waals surface area contributed by atoms with Crippen LogP contribution in [0.15, 0.2) is 0 Å². The number of carbonyl (C=O) groups excluding carboxylic acids is 1. The van der Waals surface area contributed by atoms with Crippen LogP contribution in [0.4, 0.5) is 0 Å². The van der Waals surface area contributed by atoms with Gasteiger partial charge < -0.3 is 10.4 Å². The van der Waals surface area contributed by atoms with Crippen LogP contribution in [0.2, 0.25) is 0 Å². The van der Waals surface area contributed by atoms with Crippen molar-refractivity contribution >= 4 is 16.0 Å². The Morgan fingerprint density at radius 2 is 2.00 bits per heavy atom. The van der Waals surface area contributed by atoms with Gasteiger partial charge in [-0.15, -0.1) is 0 Å². The van der Waals surface area contributed by atoms with Crippen molar-refractivity contribution in [3.8, 4) is 0 Å². The van der Waals surface area contributed by atoms with Gasteiger partial charge in [-0.3, -0.25) is 9.35 Å². The van der Waals surface area contributed by atoms with Crippen LogP contribution in [0, 0.1) is 0 Å². The molecule has 0 saturated carbocycles. The highest BCUT2D eigenvalue weighted by Crippen LogP contribution is 1.85. The van der Waals surface area contributed by atoms with Crippen LogP contribution in [-0.2, 0) is 14.9 Å². The van der Waals surface area contributed by atoms with Gasteiger partial charge in [-0.2, -0.15) is 8.42 Å². The number of amides is 1. The molecule has 3 N–H and O–H groups in total. The number of nitrogens with one attached hydrogen (secondary N) is 1. The third kappa shape index (κ3) is 7.45. The standard InChI is InChI=1S/C5H11NO5S/c7-4-5(8)6-2-1-3-12(9,10)11/h7H,1-4H2,(H,6,8)(H,9,10,11). The van der Waals surface area contributed by atoms with E-state index in [0.717, 1.165) is 0 Å². The van der Waals surface area contributed by atoms with E-state index in [0.29, 0.717) is 0 Å². The van der Waals surface area contributed by atoms with Gasteiger partial charge in [0.05, 0.1) is 5.75 Å². The molecule has 0 aromatic carbocycles. The molecule has 0 saturated heterocycles. The molecule has 12 heavy (non-hydrogen) atoms. The van der Waals surface area contributed by atoms with Crippen molar-refractivity contribution in [2.45, 2.75) is 6.42 Å². The van der Waals surface area contributed by atoms with Crippen LogP contribution in [-0.4, -0.2) is 42.9 Å². The molecule has 7 heteroatoms. The normalized spacial score (nSPS) is 11.2. The van der Waals surface area contributed by atoms with Crippen LogP contribution in [0.3, 0.4) is 0 Å². The fraction of sp³-hybridized carbons (Fsp3) is 0.800. The van der Waals surface area contributed by atoms with E-state index in [1.807, 2.05) is 0 Å². The number of rotatable bonds is 5. The Kier molecular flexibility index (Phi) is 4.79. The summed E-state index contributed by atoms with van der Waals surface area (Å²) in [6, 6.07) is 0. The molecule has 72 valence electrons. The molecule has 0 unspecified atom stereocenters. The van der Waals surface area contributed by atoms with E-state index in [-0.39, 0.29) is 13.0 Å². The predicted molar refractivity (Wildman–Crippen MR) is 41.1 cm³/mol. The molecule has 0 aliphatic heterocycles. The Morgan fingerprint density at radius 1 is 1.42 bits per heavy atom. The molecule has 0 spiro atoms. The summed E-state index contributed by atoms with van der Waals surface area (Å²) >= 11 is 0. The number of hydrogen-bond acceptors (Lipinski definition) is 4. The molecular weight excluding hydrogens is 186 g/mol. The quantitative estimate of drug-likeness (QED) is 0.363. The van der Waals surface area contributed by atoms with Gasteiger partial charge in [0.15, 0.2) is 0 Å². The Hall–Kier alpha value is -0.660. The molecule has 0 aromatic heterocycles. The Balaban J connectivity index is 3.40. The molecule has 6 nitrogen and oxygen atoms in total. The summed E-state index contributed by atoms with van der Waals surface area (Å²) < 4.78 is 28.5. The lowest BCUT2D eigenvalue weighted by molar-refractivity contribution is -0.123. The average molecular weight is 197 g/mol. The second-order valence-corrected chi connectivity index (χ2v) is 3.72. The minimum Gasteiger partial charge on any atom is -0.387 e. The summed E-state index contributed by atoms with van der Waals surface area (Å²) in [5.41, 5.74) is 0. The highest BCUT2D eigenvalue weighted by atomic mass is 32.2. The fourth-order valence-electron chi connectivity index (χ4n) is 0.538. The zero-order valence-corrected chi connectivity index (χ0v) is 7.17. The fourth-order valence-corrected chi connectivity index (χ4v) is 1.05.